The Balaban J connectivity index is 5.11. The van der Waals surface area contributed by atoms with Gasteiger partial charge in [0.15, 0.2) is 0 Å². The molecular weight excluding hydrogens is 931 g/mol. The molecule has 0 unspecified atom stereocenters. The van der Waals surface area contributed by atoms with E-state index in [2.05, 4.69) is 59.1 Å². The highest BCUT2D eigenvalue weighted by atomic mass is 16.2. The lowest BCUT2D eigenvalue weighted by Gasteiger charge is -2.23. The molecule has 0 aromatic carbocycles. The number of hydrogen-bond acceptors (Lipinski definition) is 13. The van der Waals surface area contributed by atoms with Crippen molar-refractivity contribution in [3.8, 4) is 12.3 Å². The van der Waals surface area contributed by atoms with Crippen LogP contribution >= 0.6 is 0 Å². The van der Waals surface area contributed by atoms with Crippen LogP contribution in [0.25, 0.3) is 0 Å². The molecule has 0 atom stereocenters. The summed E-state index contributed by atoms with van der Waals surface area (Å²) in [5, 5.41) is 27.9. The van der Waals surface area contributed by atoms with Crippen LogP contribution < -0.4 is 53.2 Å². The SMILES string of the molecule is C#CCN(CCC(=O)NCCN(CCC(=O)NCCNC(=O)CCC)CCC(=O)NCCNC(=O)CCC)CCC(=O)NCCN(CCC(=O)NCCNC(=O)CCC)CCC(=O)NCCNC(=O)CCC. The highest BCUT2D eigenvalue weighted by molar-refractivity contribution is 5.80. The normalized spacial score (nSPS) is 10.8. The number of carbonyl (C=O) groups is 10. The van der Waals surface area contributed by atoms with E-state index in [1.807, 2.05) is 42.4 Å². The molecule has 0 aromatic rings. The molecule has 10 amide bonds. The lowest BCUT2D eigenvalue weighted by Crippen LogP contribution is -2.41. The number of terminal acetylenes is 1. The quantitative estimate of drug-likeness (QED) is 0.0239. The van der Waals surface area contributed by atoms with Crippen molar-refractivity contribution >= 4 is 59.1 Å². The van der Waals surface area contributed by atoms with Gasteiger partial charge >= 0.3 is 0 Å². The van der Waals surface area contributed by atoms with Crippen molar-refractivity contribution < 1.29 is 47.9 Å². The molecule has 10 N–H and O–H groups in total. The Hall–Kier alpha value is -5.86. The van der Waals surface area contributed by atoms with Crippen molar-refractivity contribution in [3.05, 3.63) is 0 Å². The molecule has 0 spiro atoms. The maximum absolute atomic E-state index is 12.9. The van der Waals surface area contributed by atoms with Crippen LogP contribution in [0.1, 0.15) is 118 Å². The minimum absolute atomic E-state index is 0.0780. The molecule has 0 saturated carbocycles. The Bertz CT molecular complexity index is 1470. The average Bonchev–Trinajstić information content (AvgIpc) is 3.34. The number of hydrogen-bond donors (Lipinski definition) is 10. The second-order valence-corrected chi connectivity index (χ2v) is 17.2. The Morgan fingerprint density at radius 2 is 0.458 bits per heavy atom. The van der Waals surface area contributed by atoms with Gasteiger partial charge in [0.05, 0.1) is 6.54 Å². The molecule has 0 aliphatic heterocycles. The Labute approximate surface area is 428 Å². The van der Waals surface area contributed by atoms with Gasteiger partial charge in [-0.1, -0.05) is 33.6 Å². The lowest BCUT2D eigenvalue weighted by molar-refractivity contribution is -0.124. The fourth-order valence-electron chi connectivity index (χ4n) is 6.74. The topological polar surface area (TPSA) is 301 Å². The predicted octanol–water partition coefficient (Wildman–Crippen LogP) is -1.77. The Kier molecular flexibility index (Phi) is 41.4. The maximum Gasteiger partial charge on any atom is 0.221 e. The van der Waals surface area contributed by atoms with Crippen LogP contribution in [0.4, 0.5) is 0 Å². The molecule has 0 saturated heterocycles. The first-order chi connectivity index (χ1) is 34.6. The van der Waals surface area contributed by atoms with Gasteiger partial charge in [-0.25, -0.2) is 0 Å². The third-order valence-corrected chi connectivity index (χ3v) is 10.7. The first kappa shape index (κ1) is 66.1. The summed E-state index contributed by atoms with van der Waals surface area (Å²) in [6.45, 7) is 13.3. The number of carbonyl (C=O) groups excluding carboxylic acids is 10. The second kappa shape index (κ2) is 45.0. The zero-order valence-electron chi connectivity index (χ0n) is 43.8. The van der Waals surface area contributed by atoms with Crippen LogP contribution in [0.5, 0.6) is 0 Å². The predicted molar refractivity (Wildman–Crippen MR) is 276 cm³/mol. The third kappa shape index (κ3) is 40.8. The molecule has 23 nitrogen and oxygen atoms in total. The number of nitrogens with zero attached hydrogens (tertiary/aromatic N) is 3. The molecule has 72 heavy (non-hydrogen) atoms. The van der Waals surface area contributed by atoms with Gasteiger partial charge in [0, 0.05) is 182 Å². The van der Waals surface area contributed by atoms with Crippen molar-refractivity contribution in [2.45, 2.75) is 118 Å². The molecule has 0 aromatic heterocycles. The van der Waals surface area contributed by atoms with Crippen LogP contribution in [-0.2, 0) is 47.9 Å². The van der Waals surface area contributed by atoms with Crippen LogP contribution in [-0.4, -0.2) is 198 Å². The highest BCUT2D eigenvalue weighted by Gasteiger charge is 2.16. The largest absolute Gasteiger partial charge is 0.355 e. The zero-order valence-corrected chi connectivity index (χ0v) is 43.8. The van der Waals surface area contributed by atoms with Gasteiger partial charge in [0.2, 0.25) is 59.1 Å². The second-order valence-electron chi connectivity index (χ2n) is 17.2. The highest BCUT2D eigenvalue weighted by Crippen LogP contribution is 2.00. The standard InChI is InChI=1S/C49H89N13O10/c1-6-11-40(63)50-21-25-54-44(67)17-34-61(35-18-45(68)55-26-22-51-41(64)12-7-2)38-29-58-48(71)15-32-60(31-10-5)33-16-49(72)59-30-39-62(36-19-46(69)56-27-23-52-42(65)13-8-3)37-20-47(70)57-28-24-53-43(66)14-9-4/h5H,6-9,11-39H2,1-4H3,(H,50,63)(H,51,64)(H,52,65)(H,53,66)(H,54,67)(H,55,68)(H,56,69)(H,57,70)(H,58,71)(H,59,72). The van der Waals surface area contributed by atoms with E-state index in [4.69, 9.17) is 6.42 Å². The molecule has 410 valence electrons. The molecule has 0 aliphatic carbocycles. The summed E-state index contributed by atoms with van der Waals surface area (Å²) in [7, 11) is 0. The maximum atomic E-state index is 12.9. The number of rotatable bonds is 45. The van der Waals surface area contributed by atoms with Crippen LogP contribution in [0.2, 0.25) is 0 Å². The van der Waals surface area contributed by atoms with Crippen molar-refractivity contribution in [2.24, 2.45) is 0 Å². The van der Waals surface area contributed by atoms with Gasteiger partial charge < -0.3 is 63.0 Å². The summed E-state index contributed by atoms with van der Waals surface area (Å²) >= 11 is 0. The summed E-state index contributed by atoms with van der Waals surface area (Å²) in [4.78, 5) is 129. The molecule has 0 bridgehead atoms. The monoisotopic (exact) mass is 1020 g/mol. The fraction of sp³-hybridized carbons (Fsp3) is 0.755. The number of amides is 10. The molecule has 0 fully saturated rings. The van der Waals surface area contributed by atoms with Gasteiger partial charge in [0.1, 0.15) is 0 Å². The van der Waals surface area contributed by atoms with E-state index in [-0.39, 0.29) is 143 Å². The summed E-state index contributed by atoms with van der Waals surface area (Å²) in [5.74, 6) is 0.904. The first-order valence-corrected chi connectivity index (χ1v) is 25.9. The van der Waals surface area contributed by atoms with Crippen LogP contribution in [0.15, 0.2) is 0 Å². The van der Waals surface area contributed by atoms with E-state index in [0.29, 0.717) is 104 Å². The van der Waals surface area contributed by atoms with E-state index in [1.165, 1.54) is 0 Å². The minimum Gasteiger partial charge on any atom is -0.355 e. The van der Waals surface area contributed by atoms with Gasteiger partial charge in [0.25, 0.3) is 0 Å². The molecule has 0 rings (SSSR count). The van der Waals surface area contributed by atoms with E-state index < -0.39 is 0 Å². The molecule has 23 heteroatoms. The minimum atomic E-state index is -0.243. The van der Waals surface area contributed by atoms with Gasteiger partial charge in [-0.05, 0) is 25.7 Å². The molecule has 0 aliphatic rings. The van der Waals surface area contributed by atoms with Crippen molar-refractivity contribution in [1.29, 1.82) is 0 Å². The van der Waals surface area contributed by atoms with E-state index >= 15 is 0 Å². The van der Waals surface area contributed by atoms with Crippen molar-refractivity contribution in [3.63, 3.8) is 0 Å². The van der Waals surface area contributed by atoms with Crippen LogP contribution in [0, 0.1) is 12.3 Å². The smallest absolute Gasteiger partial charge is 0.221 e. The average molecular weight is 1020 g/mol. The summed E-state index contributed by atoms with van der Waals surface area (Å²) in [6.07, 6.45) is 10.9. The third-order valence-electron chi connectivity index (χ3n) is 10.7. The fourth-order valence-corrected chi connectivity index (χ4v) is 6.74. The summed E-state index contributed by atoms with van der Waals surface area (Å²) < 4.78 is 0. The molecular formula is C49H89N13O10. The lowest BCUT2D eigenvalue weighted by atomic mass is 10.2. The summed E-state index contributed by atoms with van der Waals surface area (Å²) in [6, 6.07) is 0. The zero-order chi connectivity index (χ0) is 53.6. The van der Waals surface area contributed by atoms with E-state index in [0.717, 1.165) is 25.7 Å². The van der Waals surface area contributed by atoms with Gasteiger partial charge in [-0.2, -0.15) is 0 Å². The van der Waals surface area contributed by atoms with E-state index in [1.54, 1.807) is 0 Å². The van der Waals surface area contributed by atoms with Crippen LogP contribution in [0.3, 0.4) is 0 Å². The number of nitrogens with one attached hydrogen (secondary N) is 10. The first-order valence-electron chi connectivity index (χ1n) is 25.9. The van der Waals surface area contributed by atoms with Crippen molar-refractivity contribution in [1.82, 2.24) is 67.9 Å². The van der Waals surface area contributed by atoms with Gasteiger partial charge in [-0.15, -0.1) is 6.42 Å². The van der Waals surface area contributed by atoms with Crippen molar-refractivity contribution in [2.75, 3.05) is 124 Å². The van der Waals surface area contributed by atoms with Gasteiger partial charge in [-0.3, -0.25) is 52.8 Å². The summed E-state index contributed by atoms with van der Waals surface area (Å²) in [5.41, 5.74) is 0. The Morgan fingerprint density at radius 3 is 0.653 bits per heavy atom. The molecule has 0 heterocycles. The van der Waals surface area contributed by atoms with E-state index in [9.17, 15) is 47.9 Å². The molecule has 0 radical (unpaired) electrons. The Morgan fingerprint density at radius 1 is 0.278 bits per heavy atom.